The maximum Gasteiger partial charge on any atom is 0.147 e. The molecule has 0 aliphatic heterocycles. The van der Waals surface area contributed by atoms with Crippen molar-refractivity contribution in [1.29, 1.82) is 5.26 Å². The van der Waals surface area contributed by atoms with E-state index in [1.807, 2.05) is 0 Å². The zero-order chi connectivity index (χ0) is 12.1. The van der Waals surface area contributed by atoms with Crippen molar-refractivity contribution in [2.75, 3.05) is 12.0 Å². The van der Waals surface area contributed by atoms with Crippen molar-refractivity contribution < 1.29 is 8.42 Å². The van der Waals surface area contributed by atoms with Crippen LogP contribution in [0.2, 0.25) is 0 Å². The standard InChI is InChI=1S/C12H21NO2S/c1-16(14,15)10-6-9-12(11-13)7-4-2-3-5-8-12/h2-10H2,1H3. The fourth-order valence-electron chi connectivity index (χ4n) is 2.50. The van der Waals surface area contributed by atoms with Crippen molar-refractivity contribution in [3.8, 4) is 6.07 Å². The third kappa shape index (κ3) is 4.52. The van der Waals surface area contributed by atoms with E-state index in [2.05, 4.69) is 6.07 Å². The highest BCUT2D eigenvalue weighted by Gasteiger charge is 2.30. The fourth-order valence-corrected chi connectivity index (χ4v) is 3.16. The van der Waals surface area contributed by atoms with Gasteiger partial charge in [0.05, 0.1) is 11.5 Å². The van der Waals surface area contributed by atoms with Gasteiger partial charge in [0.2, 0.25) is 0 Å². The van der Waals surface area contributed by atoms with Gasteiger partial charge in [-0.25, -0.2) is 8.42 Å². The molecule has 0 saturated heterocycles. The molecule has 1 aliphatic rings. The average molecular weight is 243 g/mol. The van der Waals surface area contributed by atoms with Gasteiger partial charge in [0, 0.05) is 12.0 Å². The van der Waals surface area contributed by atoms with E-state index in [0.717, 1.165) is 32.1 Å². The van der Waals surface area contributed by atoms with Gasteiger partial charge in [-0.2, -0.15) is 5.26 Å². The van der Waals surface area contributed by atoms with E-state index in [1.165, 1.54) is 19.1 Å². The van der Waals surface area contributed by atoms with Crippen LogP contribution in [0.5, 0.6) is 0 Å². The van der Waals surface area contributed by atoms with Crippen LogP contribution in [-0.2, 0) is 9.84 Å². The molecule has 92 valence electrons. The summed E-state index contributed by atoms with van der Waals surface area (Å²) in [5, 5.41) is 9.30. The molecule has 1 aliphatic carbocycles. The van der Waals surface area contributed by atoms with E-state index in [-0.39, 0.29) is 11.2 Å². The predicted octanol–water partition coefficient (Wildman–Crippen LogP) is 2.68. The van der Waals surface area contributed by atoms with E-state index in [9.17, 15) is 13.7 Å². The molecule has 1 saturated carbocycles. The predicted molar refractivity (Wildman–Crippen MR) is 64.7 cm³/mol. The normalized spacial score (nSPS) is 21.0. The van der Waals surface area contributed by atoms with E-state index >= 15 is 0 Å². The molecule has 0 amide bonds. The Balaban J connectivity index is 2.50. The maximum atomic E-state index is 11.1. The lowest BCUT2D eigenvalue weighted by Gasteiger charge is -2.24. The molecule has 16 heavy (non-hydrogen) atoms. The Kier molecular flexibility index (Phi) is 4.79. The number of hydrogen-bond acceptors (Lipinski definition) is 3. The summed E-state index contributed by atoms with van der Waals surface area (Å²) in [5.74, 6) is 0.219. The number of sulfone groups is 1. The summed E-state index contributed by atoms with van der Waals surface area (Å²) >= 11 is 0. The van der Waals surface area contributed by atoms with Crippen molar-refractivity contribution in [1.82, 2.24) is 0 Å². The van der Waals surface area contributed by atoms with Gasteiger partial charge < -0.3 is 0 Å². The van der Waals surface area contributed by atoms with Crippen LogP contribution >= 0.6 is 0 Å². The highest BCUT2D eigenvalue weighted by Crippen LogP contribution is 2.38. The van der Waals surface area contributed by atoms with Gasteiger partial charge in [-0.05, 0) is 25.7 Å². The minimum absolute atomic E-state index is 0.219. The first kappa shape index (κ1) is 13.5. The van der Waals surface area contributed by atoms with Crippen LogP contribution in [0.15, 0.2) is 0 Å². The van der Waals surface area contributed by atoms with Crippen LogP contribution < -0.4 is 0 Å². The van der Waals surface area contributed by atoms with Crippen molar-refractivity contribution in [2.45, 2.75) is 51.4 Å². The largest absolute Gasteiger partial charge is 0.229 e. The molecular weight excluding hydrogens is 222 g/mol. The molecule has 3 nitrogen and oxygen atoms in total. The lowest BCUT2D eigenvalue weighted by atomic mass is 9.78. The lowest BCUT2D eigenvalue weighted by Crippen LogP contribution is -2.19. The Hall–Kier alpha value is -0.560. The second kappa shape index (κ2) is 5.67. The van der Waals surface area contributed by atoms with E-state index in [0.29, 0.717) is 6.42 Å². The number of rotatable bonds is 4. The summed E-state index contributed by atoms with van der Waals surface area (Å²) in [7, 11) is -2.88. The summed E-state index contributed by atoms with van der Waals surface area (Å²) in [4.78, 5) is 0. The zero-order valence-electron chi connectivity index (χ0n) is 10.0. The van der Waals surface area contributed by atoms with Crippen molar-refractivity contribution >= 4 is 9.84 Å². The SMILES string of the molecule is CS(=O)(=O)CCCC1(C#N)CCCCCC1. The fraction of sp³-hybridized carbons (Fsp3) is 0.917. The third-order valence-electron chi connectivity index (χ3n) is 3.47. The van der Waals surface area contributed by atoms with E-state index < -0.39 is 9.84 Å². The van der Waals surface area contributed by atoms with Crippen molar-refractivity contribution in [2.24, 2.45) is 5.41 Å². The number of nitriles is 1. The quantitative estimate of drug-likeness (QED) is 0.713. The lowest BCUT2D eigenvalue weighted by molar-refractivity contribution is 0.312. The topological polar surface area (TPSA) is 57.9 Å². The molecule has 0 aromatic heterocycles. The van der Waals surface area contributed by atoms with Crippen molar-refractivity contribution in [3.63, 3.8) is 0 Å². The van der Waals surface area contributed by atoms with Gasteiger partial charge in [-0.1, -0.05) is 25.7 Å². The minimum Gasteiger partial charge on any atom is -0.229 e. The average Bonchev–Trinajstić information content (AvgIpc) is 2.42. The summed E-state index contributed by atoms with van der Waals surface area (Å²) in [6, 6.07) is 2.45. The number of hydrogen-bond donors (Lipinski definition) is 0. The molecule has 0 bridgehead atoms. The molecule has 0 aromatic carbocycles. The van der Waals surface area contributed by atoms with E-state index in [1.54, 1.807) is 0 Å². The van der Waals surface area contributed by atoms with Crippen LogP contribution in [-0.4, -0.2) is 20.4 Å². The first-order valence-electron chi connectivity index (χ1n) is 6.06. The van der Waals surface area contributed by atoms with Crippen molar-refractivity contribution in [3.05, 3.63) is 0 Å². The summed E-state index contributed by atoms with van der Waals surface area (Å²) in [5.41, 5.74) is -0.235. The van der Waals surface area contributed by atoms with Gasteiger partial charge in [0.15, 0.2) is 0 Å². The highest BCUT2D eigenvalue weighted by molar-refractivity contribution is 7.90. The van der Waals surface area contributed by atoms with Gasteiger partial charge in [-0.15, -0.1) is 0 Å². The summed E-state index contributed by atoms with van der Waals surface area (Å²) in [6.07, 6.45) is 9.21. The molecule has 1 rings (SSSR count). The van der Waals surface area contributed by atoms with Crippen LogP contribution in [0.4, 0.5) is 0 Å². The Morgan fingerprint density at radius 1 is 1.19 bits per heavy atom. The Morgan fingerprint density at radius 2 is 1.75 bits per heavy atom. The zero-order valence-corrected chi connectivity index (χ0v) is 10.9. The van der Waals surface area contributed by atoms with Crippen LogP contribution in [0.1, 0.15) is 51.4 Å². The Labute approximate surface area is 98.8 Å². The second-order valence-electron chi connectivity index (χ2n) is 5.04. The Morgan fingerprint density at radius 3 is 2.19 bits per heavy atom. The van der Waals surface area contributed by atoms with Gasteiger partial charge in [-0.3, -0.25) is 0 Å². The van der Waals surface area contributed by atoms with Gasteiger partial charge in [0.25, 0.3) is 0 Å². The first-order valence-corrected chi connectivity index (χ1v) is 8.13. The smallest absolute Gasteiger partial charge is 0.147 e. The van der Waals surface area contributed by atoms with Crippen LogP contribution in [0, 0.1) is 16.7 Å². The van der Waals surface area contributed by atoms with Gasteiger partial charge >= 0.3 is 0 Å². The van der Waals surface area contributed by atoms with Crippen LogP contribution in [0.3, 0.4) is 0 Å². The molecule has 1 fully saturated rings. The monoisotopic (exact) mass is 243 g/mol. The van der Waals surface area contributed by atoms with E-state index in [4.69, 9.17) is 0 Å². The molecule has 0 unspecified atom stereocenters. The molecule has 0 radical (unpaired) electrons. The first-order chi connectivity index (χ1) is 7.47. The third-order valence-corrected chi connectivity index (χ3v) is 4.50. The van der Waals surface area contributed by atoms with Crippen LogP contribution in [0.25, 0.3) is 0 Å². The molecule has 0 N–H and O–H groups in total. The molecule has 0 spiro atoms. The molecule has 4 heteroatoms. The molecular formula is C12H21NO2S. The Bertz CT molecular complexity index is 346. The second-order valence-corrected chi connectivity index (χ2v) is 7.30. The highest BCUT2D eigenvalue weighted by atomic mass is 32.2. The molecule has 0 atom stereocenters. The van der Waals surface area contributed by atoms with Gasteiger partial charge in [0.1, 0.15) is 9.84 Å². The summed E-state index contributed by atoms with van der Waals surface area (Å²) in [6.45, 7) is 0. The molecule has 0 aromatic rings. The molecule has 0 heterocycles. The minimum atomic E-state index is -2.88. The maximum absolute atomic E-state index is 11.1. The number of nitrogens with zero attached hydrogens (tertiary/aromatic N) is 1. The summed E-state index contributed by atoms with van der Waals surface area (Å²) < 4.78 is 22.1.